The highest BCUT2D eigenvalue weighted by Crippen LogP contribution is 2.52. The first-order valence-electron chi connectivity index (χ1n) is 4.12. The molecule has 0 atom stereocenters. The molecule has 64 valence electrons. The average molecular weight is 173 g/mol. The van der Waals surface area contributed by atoms with Gasteiger partial charge in [0, 0.05) is 19.6 Å². The third kappa shape index (κ3) is 1.20. The van der Waals surface area contributed by atoms with Crippen LogP contribution in [0, 0.1) is 5.92 Å². The van der Waals surface area contributed by atoms with E-state index in [2.05, 4.69) is 35.2 Å². The number of hydrogen-bond acceptors (Lipinski definition) is 3. The van der Waals surface area contributed by atoms with Crippen LogP contribution >= 0.6 is 8.37 Å². The molecule has 0 spiro atoms. The SMILES string of the molecule is CN1CC2CN(C)P1N(C)C2. The Morgan fingerprint density at radius 1 is 0.909 bits per heavy atom. The van der Waals surface area contributed by atoms with E-state index in [1.165, 1.54) is 19.6 Å². The first kappa shape index (κ1) is 7.93. The summed E-state index contributed by atoms with van der Waals surface area (Å²) in [5, 5.41) is 0. The quantitative estimate of drug-likeness (QED) is 0.498. The highest BCUT2D eigenvalue weighted by Gasteiger charge is 2.39. The lowest BCUT2D eigenvalue weighted by Crippen LogP contribution is -2.52. The van der Waals surface area contributed by atoms with Crippen molar-refractivity contribution in [3.8, 4) is 0 Å². The molecule has 0 unspecified atom stereocenters. The van der Waals surface area contributed by atoms with Crippen LogP contribution in [-0.4, -0.2) is 54.8 Å². The van der Waals surface area contributed by atoms with Gasteiger partial charge in [-0.15, -0.1) is 0 Å². The minimum atomic E-state index is -0.0872. The summed E-state index contributed by atoms with van der Waals surface area (Å²) in [7, 11) is 6.63. The van der Waals surface area contributed by atoms with Crippen LogP contribution in [-0.2, 0) is 0 Å². The van der Waals surface area contributed by atoms with Crippen LogP contribution in [0.25, 0.3) is 0 Å². The van der Waals surface area contributed by atoms with Crippen LogP contribution in [0.15, 0.2) is 0 Å². The van der Waals surface area contributed by atoms with Crippen molar-refractivity contribution in [3.05, 3.63) is 0 Å². The molecule has 3 aliphatic heterocycles. The Bertz CT molecular complexity index is 135. The number of fused-ring (bicyclic) bond motifs is 3. The van der Waals surface area contributed by atoms with Gasteiger partial charge in [0.25, 0.3) is 0 Å². The molecule has 0 saturated carbocycles. The van der Waals surface area contributed by atoms with E-state index in [4.69, 9.17) is 0 Å². The summed E-state index contributed by atoms with van der Waals surface area (Å²) in [6.45, 7) is 3.92. The Labute approximate surface area is 69.9 Å². The maximum Gasteiger partial charge on any atom is 0.119 e. The van der Waals surface area contributed by atoms with E-state index in [0.29, 0.717) is 0 Å². The summed E-state index contributed by atoms with van der Waals surface area (Å²) in [6.07, 6.45) is 0. The average Bonchev–Trinajstić information content (AvgIpc) is 1.82. The first-order chi connectivity index (χ1) is 5.18. The van der Waals surface area contributed by atoms with Gasteiger partial charge in [0.15, 0.2) is 0 Å². The Hall–Kier alpha value is 0.310. The molecule has 3 rings (SSSR count). The second-order valence-corrected chi connectivity index (χ2v) is 6.24. The summed E-state index contributed by atoms with van der Waals surface area (Å²) in [5.74, 6) is 0.877. The number of rotatable bonds is 0. The van der Waals surface area contributed by atoms with Crippen LogP contribution in [0.1, 0.15) is 0 Å². The first-order valence-corrected chi connectivity index (χ1v) is 5.32. The molecule has 11 heavy (non-hydrogen) atoms. The highest BCUT2D eigenvalue weighted by molar-refractivity contribution is 7.50. The smallest absolute Gasteiger partial charge is 0.119 e. The summed E-state index contributed by atoms with van der Waals surface area (Å²) in [6, 6.07) is 0. The molecule has 3 fully saturated rings. The number of nitrogens with zero attached hydrogens (tertiary/aromatic N) is 3. The van der Waals surface area contributed by atoms with Crippen molar-refractivity contribution in [1.82, 2.24) is 14.0 Å². The van der Waals surface area contributed by atoms with Gasteiger partial charge in [0.05, 0.1) is 0 Å². The topological polar surface area (TPSA) is 9.72 Å². The second kappa shape index (κ2) is 2.67. The maximum atomic E-state index is 2.49. The van der Waals surface area contributed by atoms with E-state index in [0.717, 1.165) is 5.92 Å². The molecule has 0 radical (unpaired) electrons. The van der Waals surface area contributed by atoms with Gasteiger partial charge in [-0.25, -0.2) is 0 Å². The van der Waals surface area contributed by atoms with Gasteiger partial charge >= 0.3 is 0 Å². The Morgan fingerprint density at radius 3 is 1.45 bits per heavy atom. The van der Waals surface area contributed by atoms with E-state index in [1.807, 2.05) is 0 Å². The van der Waals surface area contributed by atoms with Crippen LogP contribution in [0.5, 0.6) is 0 Å². The van der Waals surface area contributed by atoms with Gasteiger partial charge in [0.1, 0.15) is 8.37 Å². The molecule has 3 aliphatic rings. The molecule has 3 saturated heterocycles. The Kier molecular flexibility index (Phi) is 1.92. The minimum Gasteiger partial charge on any atom is -0.260 e. The zero-order chi connectivity index (χ0) is 8.01. The lowest BCUT2D eigenvalue weighted by atomic mass is 10.1. The third-order valence-corrected chi connectivity index (χ3v) is 4.81. The van der Waals surface area contributed by atoms with Crippen LogP contribution < -0.4 is 0 Å². The third-order valence-electron chi connectivity index (χ3n) is 2.48. The van der Waals surface area contributed by atoms with Gasteiger partial charge in [-0.2, -0.15) is 0 Å². The molecule has 4 heteroatoms. The molecular weight excluding hydrogens is 157 g/mol. The molecule has 2 bridgehead atoms. The largest absolute Gasteiger partial charge is 0.260 e. The molecule has 3 nitrogen and oxygen atoms in total. The maximum absolute atomic E-state index is 2.49. The van der Waals surface area contributed by atoms with Gasteiger partial charge in [0.2, 0.25) is 0 Å². The lowest BCUT2D eigenvalue weighted by molar-refractivity contribution is 0.190. The van der Waals surface area contributed by atoms with E-state index in [1.54, 1.807) is 0 Å². The molecule has 0 aromatic heterocycles. The van der Waals surface area contributed by atoms with Crippen LogP contribution in [0.3, 0.4) is 0 Å². The van der Waals surface area contributed by atoms with Crippen molar-refractivity contribution in [2.45, 2.75) is 0 Å². The van der Waals surface area contributed by atoms with Crippen LogP contribution in [0.2, 0.25) is 0 Å². The van der Waals surface area contributed by atoms with E-state index >= 15 is 0 Å². The summed E-state index contributed by atoms with van der Waals surface area (Å²) < 4.78 is 7.48. The van der Waals surface area contributed by atoms with Crippen LogP contribution in [0.4, 0.5) is 0 Å². The highest BCUT2D eigenvalue weighted by atomic mass is 31.2. The molecular formula is C7H16N3P. The van der Waals surface area contributed by atoms with Gasteiger partial charge in [-0.05, 0) is 27.1 Å². The lowest BCUT2D eigenvalue weighted by Gasteiger charge is -2.53. The molecule has 0 amide bonds. The zero-order valence-electron chi connectivity index (χ0n) is 7.49. The van der Waals surface area contributed by atoms with Gasteiger partial charge in [-0.1, -0.05) is 0 Å². The minimum absolute atomic E-state index is 0.0872. The second-order valence-electron chi connectivity index (χ2n) is 3.66. The summed E-state index contributed by atoms with van der Waals surface area (Å²) >= 11 is 0. The Balaban J connectivity index is 2.16. The van der Waals surface area contributed by atoms with Gasteiger partial charge < -0.3 is 0 Å². The zero-order valence-corrected chi connectivity index (χ0v) is 8.38. The number of hydrogen-bond donors (Lipinski definition) is 0. The van der Waals surface area contributed by atoms with Crippen molar-refractivity contribution in [1.29, 1.82) is 0 Å². The molecule has 0 aromatic carbocycles. The van der Waals surface area contributed by atoms with Crippen molar-refractivity contribution in [2.75, 3.05) is 40.8 Å². The molecule has 3 heterocycles. The monoisotopic (exact) mass is 173 g/mol. The van der Waals surface area contributed by atoms with Crippen molar-refractivity contribution in [2.24, 2.45) is 5.92 Å². The summed E-state index contributed by atoms with van der Waals surface area (Å²) in [5.41, 5.74) is 0. The summed E-state index contributed by atoms with van der Waals surface area (Å²) in [4.78, 5) is 0. The molecule has 0 aliphatic carbocycles. The van der Waals surface area contributed by atoms with E-state index < -0.39 is 0 Å². The van der Waals surface area contributed by atoms with E-state index in [9.17, 15) is 0 Å². The normalized spacial score (nSPS) is 41.7. The fourth-order valence-corrected chi connectivity index (χ4v) is 4.99. The molecule has 0 N–H and O–H groups in total. The van der Waals surface area contributed by atoms with E-state index in [-0.39, 0.29) is 8.37 Å². The van der Waals surface area contributed by atoms with Crippen molar-refractivity contribution < 1.29 is 0 Å². The van der Waals surface area contributed by atoms with Gasteiger partial charge in [-0.3, -0.25) is 14.0 Å². The predicted octanol–water partition coefficient (Wildman–Crippen LogP) is 0.652. The van der Waals surface area contributed by atoms with Crippen molar-refractivity contribution >= 4 is 8.37 Å². The Morgan fingerprint density at radius 2 is 1.27 bits per heavy atom. The fraction of sp³-hybridized carbons (Fsp3) is 1.00. The predicted molar refractivity (Wildman–Crippen MR) is 48.3 cm³/mol. The standard InChI is InChI=1S/C7H16N3P/c1-8-4-7-5-9(2)11(8)10(3)6-7/h7H,4-6H2,1-3H3. The fourth-order valence-electron chi connectivity index (χ4n) is 2.30. The van der Waals surface area contributed by atoms with Crippen molar-refractivity contribution in [3.63, 3.8) is 0 Å². The molecule has 0 aromatic rings.